The van der Waals surface area contributed by atoms with Gasteiger partial charge in [0.2, 0.25) is 0 Å². The van der Waals surface area contributed by atoms with Crippen molar-refractivity contribution in [3.63, 3.8) is 0 Å². The van der Waals surface area contributed by atoms with E-state index in [-0.39, 0.29) is 95.5 Å². The van der Waals surface area contributed by atoms with E-state index in [0.717, 1.165) is 0 Å². The number of rotatable bonds is 0. The second kappa shape index (κ2) is 34.3. The average Bonchev–Trinajstić information content (AvgIpc) is 0.811. The summed E-state index contributed by atoms with van der Waals surface area (Å²) in [7, 11) is 0. The van der Waals surface area contributed by atoms with Crippen molar-refractivity contribution in [3.05, 3.63) is 0 Å². The standard InChI is InChI=1S/CH5N3.K.Li.3H2O.2H/c2-1(3)4;;;;;;;/h(H5,2,3,4);;;3*1H2;;/q;2*+1;;;;2*-1. The first-order valence-corrected chi connectivity index (χ1v) is 0.827. The molecule has 0 atom stereocenters. The van der Waals surface area contributed by atoms with Crippen molar-refractivity contribution in [2.75, 3.05) is 0 Å². The molecule has 0 aliphatic carbocycles. The van der Waals surface area contributed by atoms with Gasteiger partial charge in [-0.25, -0.2) is 0 Å². The van der Waals surface area contributed by atoms with Crippen LogP contribution in [0.25, 0.3) is 0 Å². The zero-order valence-electron chi connectivity index (χ0n) is 7.65. The summed E-state index contributed by atoms with van der Waals surface area (Å²) in [4.78, 5) is 0. The quantitative estimate of drug-likeness (QED) is 0.182. The predicted octanol–water partition coefficient (Wildman–Crippen LogP) is -9.40. The Morgan fingerprint density at radius 1 is 1.11 bits per heavy atom. The summed E-state index contributed by atoms with van der Waals surface area (Å²) in [6.45, 7) is 0. The van der Waals surface area contributed by atoms with Gasteiger partial charge in [0.25, 0.3) is 0 Å². The topological polar surface area (TPSA) is 170 Å². The summed E-state index contributed by atoms with van der Waals surface area (Å²) in [5.41, 5.74) is 8.94. The van der Waals surface area contributed by atoms with Gasteiger partial charge < -0.3 is 30.7 Å². The van der Waals surface area contributed by atoms with Crippen LogP contribution in [-0.4, -0.2) is 22.4 Å². The molecule has 0 heterocycles. The number of nitrogens with one attached hydrogen (secondary N) is 1. The second-order valence-corrected chi connectivity index (χ2v) is 0.455. The third-order valence-corrected chi connectivity index (χ3v) is 0. The molecule has 0 aromatic carbocycles. The van der Waals surface area contributed by atoms with Crippen molar-refractivity contribution in [2.24, 2.45) is 11.5 Å². The van der Waals surface area contributed by atoms with E-state index < -0.39 is 0 Å². The first-order valence-electron chi connectivity index (χ1n) is 0.827. The van der Waals surface area contributed by atoms with Gasteiger partial charge in [0.15, 0.2) is 5.96 Å². The average molecular weight is 161 g/mol. The molecule has 52 valence electrons. The Morgan fingerprint density at radius 3 is 1.11 bits per heavy atom. The molecule has 9 heavy (non-hydrogen) atoms. The molecule has 0 bridgehead atoms. The minimum absolute atomic E-state index is 0. The molecular weight excluding hydrogens is 148 g/mol. The van der Waals surface area contributed by atoms with Gasteiger partial charge >= 0.3 is 70.2 Å². The first-order chi connectivity index (χ1) is 1.73. The zero-order valence-corrected chi connectivity index (χ0v) is 8.78. The Bertz CT molecular complexity index is 49.6. The molecule has 0 aromatic heterocycles. The molecule has 0 saturated heterocycles. The Labute approximate surface area is 111 Å². The van der Waals surface area contributed by atoms with E-state index >= 15 is 0 Å². The molecule has 0 amide bonds. The minimum Gasteiger partial charge on any atom is -1.00 e. The molecule has 0 aliphatic rings. The van der Waals surface area contributed by atoms with Crippen molar-refractivity contribution < 1.29 is 89.5 Å². The van der Waals surface area contributed by atoms with Crippen molar-refractivity contribution in [3.8, 4) is 0 Å². The van der Waals surface area contributed by atoms with E-state index in [4.69, 9.17) is 5.41 Å². The summed E-state index contributed by atoms with van der Waals surface area (Å²) in [6.07, 6.45) is 0. The molecule has 0 saturated carbocycles. The van der Waals surface area contributed by atoms with Crippen molar-refractivity contribution >= 4 is 5.96 Å². The smallest absolute Gasteiger partial charge is 1.00 e. The van der Waals surface area contributed by atoms with Gasteiger partial charge in [0, 0.05) is 0 Å². The van der Waals surface area contributed by atoms with Crippen LogP contribution in [0.3, 0.4) is 0 Å². The molecule has 0 fully saturated rings. The van der Waals surface area contributed by atoms with Gasteiger partial charge in [0.05, 0.1) is 0 Å². The molecule has 8 heteroatoms. The van der Waals surface area contributed by atoms with Crippen molar-refractivity contribution in [1.82, 2.24) is 0 Å². The largest absolute Gasteiger partial charge is 1.00 e. The Hall–Kier alpha value is 1.38. The third-order valence-electron chi connectivity index (χ3n) is 0. The monoisotopic (exact) mass is 161 g/mol. The fourth-order valence-corrected chi connectivity index (χ4v) is 0. The maximum Gasteiger partial charge on any atom is 1.00 e. The van der Waals surface area contributed by atoms with Gasteiger partial charge in [0.1, 0.15) is 0 Å². The fraction of sp³-hybridized carbons (Fsp3) is 0. The van der Waals surface area contributed by atoms with Crippen LogP contribution in [0.1, 0.15) is 2.85 Å². The fourth-order valence-electron chi connectivity index (χ4n) is 0. The van der Waals surface area contributed by atoms with Crippen LogP contribution in [0.5, 0.6) is 0 Å². The van der Waals surface area contributed by atoms with E-state index in [9.17, 15) is 0 Å². The van der Waals surface area contributed by atoms with E-state index in [1.54, 1.807) is 0 Å². The molecule has 0 unspecified atom stereocenters. The van der Waals surface area contributed by atoms with Crippen LogP contribution in [-0.2, 0) is 0 Å². The van der Waals surface area contributed by atoms with Gasteiger partial charge in [-0.3, -0.25) is 5.41 Å². The Balaban J connectivity index is -0.00000000214. The summed E-state index contributed by atoms with van der Waals surface area (Å²) < 4.78 is 0. The Morgan fingerprint density at radius 2 is 1.11 bits per heavy atom. The van der Waals surface area contributed by atoms with E-state index in [1.165, 1.54) is 0 Å². The van der Waals surface area contributed by atoms with Gasteiger partial charge in [-0.15, -0.1) is 0 Å². The maximum atomic E-state index is 6.06. The summed E-state index contributed by atoms with van der Waals surface area (Å²) in [5, 5.41) is 6.06. The van der Waals surface area contributed by atoms with Gasteiger partial charge in [-0.1, -0.05) is 0 Å². The Kier molecular flexibility index (Phi) is 181. The third kappa shape index (κ3) is 267. The molecule has 0 aromatic rings. The summed E-state index contributed by atoms with van der Waals surface area (Å²) >= 11 is 0. The molecule has 6 nitrogen and oxygen atoms in total. The van der Waals surface area contributed by atoms with Gasteiger partial charge in [-0.2, -0.15) is 0 Å². The van der Waals surface area contributed by atoms with Crippen LogP contribution in [0.2, 0.25) is 0 Å². The van der Waals surface area contributed by atoms with Crippen LogP contribution >= 0.6 is 0 Å². The number of nitrogens with two attached hydrogens (primary N) is 2. The summed E-state index contributed by atoms with van der Waals surface area (Å²) in [5.74, 6) is -0.333. The van der Waals surface area contributed by atoms with E-state index in [1.807, 2.05) is 0 Å². The summed E-state index contributed by atoms with van der Waals surface area (Å²) in [6, 6.07) is 0. The minimum atomic E-state index is -0.333. The molecular formula is CH13KLiN3O3. The number of hydrogen-bond donors (Lipinski definition) is 3. The number of hydrogen-bond acceptors (Lipinski definition) is 1. The van der Waals surface area contributed by atoms with E-state index in [0.29, 0.717) is 0 Å². The van der Waals surface area contributed by atoms with E-state index in [2.05, 4.69) is 11.5 Å². The molecule has 0 spiro atoms. The van der Waals surface area contributed by atoms with Crippen LogP contribution in [0.15, 0.2) is 0 Å². The van der Waals surface area contributed by atoms with Crippen LogP contribution < -0.4 is 81.7 Å². The zero-order chi connectivity index (χ0) is 3.58. The predicted molar refractivity (Wildman–Crippen MR) is 29.2 cm³/mol. The number of guanidine groups is 1. The molecule has 0 aliphatic heterocycles. The molecule has 11 N–H and O–H groups in total. The molecule has 0 radical (unpaired) electrons. The van der Waals surface area contributed by atoms with Crippen LogP contribution in [0, 0.1) is 5.41 Å². The maximum absolute atomic E-state index is 6.06. The van der Waals surface area contributed by atoms with Crippen molar-refractivity contribution in [2.45, 2.75) is 0 Å². The van der Waals surface area contributed by atoms with Gasteiger partial charge in [-0.05, 0) is 0 Å². The normalized spacial score (nSPS) is 2.67. The van der Waals surface area contributed by atoms with Crippen LogP contribution in [0.4, 0.5) is 0 Å². The van der Waals surface area contributed by atoms with Crippen molar-refractivity contribution in [1.29, 1.82) is 5.41 Å². The second-order valence-electron chi connectivity index (χ2n) is 0.455. The SMILES string of the molecule is N=C(N)N.O.O.O.[H-].[H-].[K+].[Li+]. The first kappa shape index (κ1) is 47.6. The molecule has 0 rings (SSSR count).